The summed E-state index contributed by atoms with van der Waals surface area (Å²) in [6, 6.07) is 38.5. The number of pyridine rings is 1. The third-order valence-electron chi connectivity index (χ3n) is 6.89. The average Bonchev–Trinajstić information content (AvgIpc) is 3.48. The molecule has 0 aliphatic carbocycles. The number of aromatic nitrogens is 1. The Labute approximate surface area is 241 Å². The summed E-state index contributed by atoms with van der Waals surface area (Å²) in [7, 11) is 2.00. The second-order valence-electron chi connectivity index (χ2n) is 9.61. The summed E-state index contributed by atoms with van der Waals surface area (Å²) in [5.41, 5.74) is 10.7. The molecule has 2 aromatic heterocycles. The van der Waals surface area contributed by atoms with Gasteiger partial charge in [0, 0.05) is 49.4 Å². The van der Waals surface area contributed by atoms with Crippen LogP contribution in [0.4, 0.5) is 17.1 Å². The van der Waals surface area contributed by atoms with Crippen LogP contribution in [0.15, 0.2) is 95.5 Å². The summed E-state index contributed by atoms with van der Waals surface area (Å²) in [5, 5.41) is 2.22. The van der Waals surface area contributed by atoms with Gasteiger partial charge >= 0.3 is 6.01 Å². The largest absolute Gasteiger partial charge is 0.516 e. The predicted molar refractivity (Wildman–Crippen MR) is 154 cm³/mol. The second kappa shape index (κ2) is 10.9. The Morgan fingerprint density at radius 3 is 2.31 bits per heavy atom. The van der Waals surface area contributed by atoms with Crippen LogP contribution in [0.1, 0.15) is 16.7 Å². The second-order valence-corrected chi connectivity index (χ2v) is 9.61. The summed E-state index contributed by atoms with van der Waals surface area (Å²) in [6.07, 6.45) is 1.92. The summed E-state index contributed by atoms with van der Waals surface area (Å²) in [4.78, 5) is 4.41. The monoisotopic (exact) mass is 686 g/mol. The molecule has 0 fully saturated rings. The third-order valence-corrected chi connectivity index (χ3v) is 6.89. The van der Waals surface area contributed by atoms with E-state index in [2.05, 4.69) is 86.4 Å². The molecule has 6 aromatic rings. The van der Waals surface area contributed by atoms with Crippen molar-refractivity contribution in [3.63, 3.8) is 0 Å². The van der Waals surface area contributed by atoms with Crippen LogP contribution in [0.2, 0.25) is 0 Å². The van der Waals surface area contributed by atoms with Crippen molar-refractivity contribution in [2.24, 2.45) is 0 Å². The molecule has 0 N–H and O–H groups in total. The molecule has 3 heterocycles. The molecular weight excluding hydrogens is 659 g/mol. The van der Waals surface area contributed by atoms with Gasteiger partial charge in [0.05, 0.1) is 0 Å². The standard InChI is InChI=1S/C20H13N2O.C14H14N.Ir/c1-21-13-22(18-8-4-3-7-17(18)21)14-10-11-20-16(12-14)15-6-2-5-9-19(15)23-20;1-10-4-6-13(7-5-10)14-8-11(2)12(3)9-15-14;/h2-9,11-12H,1H3;4-6,8-9H,1-3H3;/q+1;-1;. The van der Waals surface area contributed by atoms with Crippen LogP contribution in [-0.4, -0.2) is 22.6 Å². The van der Waals surface area contributed by atoms with Crippen molar-refractivity contribution in [2.75, 3.05) is 7.05 Å². The number of rotatable bonds is 2. The SMILES string of the molecule is C[N+]1=C=[N+](c2[c-]cc3oc4ccccc4c3c2)c2ccccc21.Cc1c[c-]c(-c2cc(C)c(C)cn2)cc1.[Ir]. The fourth-order valence-electron chi connectivity index (χ4n) is 4.60. The van der Waals surface area contributed by atoms with Crippen LogP contribution in [0.5, 0.6) is 0 Å². The topological polar surface area (TPSA) is 32.0 Å². The van der Waals surface area contributed by atoms with E-state index in [1.165, 1.54) is 16.7 Å². The van der Waals surface area contributed by atoms with Crippen LogP contribution < -0.4 is 4.58 Å². The van der Waals surface area contributed by atoms with E-state index in [4.69, 9.17) is 4.42 Å². The molecule has 0 saturated heterocycles. The van der Waals surface area contributed by atoms with Gasteiger partial charge in [-0.2, -0.15) is 0 Å². The molecule has 0 unspecified atom stereocenters. The molecule has 1 radical (unpaired) electrons. The van der Waals surface area contributed by atoms with Gasteiger partial charge in [-0.1, -0.05) is 69.5 Å². The maximum absolute atomic E-state index is 5.88. The minimum absolute atomic E-state index is 0. The van der Waals surface area contributed by atoms with Gasteiger partial charge in [0.1, 0.15) is 11.3 Å². The van der Waals surface area contributed by atoms with Gasteiger partial charge in [-0.3, -0.25) is 0 Å². The molecular formula is C34H27IrN3O. The number of nitrogens with zero attached hydrogens (tertiary/aromatic N) is 3. The quantitative estimate of drug-likeness (QED) is 0.136. The van der Waals surface area contributed by atoms with Crippen LogP contribution in [-0.2, 0) is 20.1 Å². The van der Waals surface area contributed by atoms with Gasteiger partial charge in [0.25, 0.3) is 11.4 Å². The minimum Gasteiger partial charge on any atom is -0.516 e. The van der Waals surface area contributed by atoms with Crippen LogP contribution in [0, 0.1) is 32.9 Å². The van der Waals surface area contributed by atoms with Crippen molar-refractivity contribution in [2.45, 2.75) is 20.8 Å². The Balaban J connectivity index is 0.000000169. The molecule has 4 nitrogen and oxygen atoms in total. The third kappa shape index (κ3) is 5.13. The normalized spacial score (nSPS) is 11.8. The summed E-state index contributed by atoms with van der Waals surface area (Å²) in [5.74, 6) is 0. The first-order chi connectivity index (χ1) is 18.5. The fourth-order valence-corrected chi connectivity index (χ4v) is 4.60. The van der Waals surface area contributed by atoms with E-state index in [1.54, 1.807) is 0 Å². The zero-order chi connectivity index (χ0) is 26.2. The zero-order valence-electron chi connectivity index (χ0n) is 22.2. The maximum Gasteiger partial charge on any atom is 0.494 e. The number of para-hydroxylation sites is 3. The number of fused-ring (bicyclic) bond motifs is 4. The van der Waals surface area contributed by atoms with E-state index in [0.29, 0.717) is 0 Å². The molecule has 0 spiro atoms. The smallest absolute Gasteiger partial charge is 0.494 e. The van der Waals surface area contributed by atoms with Gasteiger partial charge in [-0.25, -0.2) is 0 Å². The van der Waals surface area contributed by atoms with Crippen molar-refractivity contribution >= 4 is 45.0 Å². The molecule has 193 valence electrons. The zero-order valence-corrected chi connectivity index (χ0v) is 24.6. The van der Waals surface area contributed by atoms with E-state index in [0.717, 1.165) is 50.3 Å². The van der Waals surface area contributed by atoms with Crippen LogP contribution in [0.25, 0.3) is 33.2 Å². The van der Waals surface area contributed by atoms with E-state index < -0.39 is 0 Å². The molecule has 0 bridgehead atoms. The van der Waals surface area contributed by atoms with Crippen LogP contribution in [0.3, 0.4) is 0 Å². The van der Waals surface area contributed by atoms with Gasteiger partial charge < -0.3 is 9.40 Å². The molecule has 0 amide bonds. The summed E-state index contributed by atoms with van der Waals surface area (Å²) in [6.45, 7) is 6.24. The number of benzene rings is 4. The Morgan fingerprint density at radius 2 is 1.54 bits per heavy atom. The first kappa shape index (κ1) is 26.5. The minimum atomic E-state index is 0. The predicted octanol–water partition coefficient (Wildman–Crippen LogP) is 8.15. The molecule has 7 rings (SSSR count). The summed E-state index contributed by atoms with van der Waals surface area (Å²) < 4.78 is 9.92. The van der Waals surface area contributed by atoms with Gasteiger partial charge in [0.2, 0.25) is 0 Å². The average molecular weight is 686 g/mol. The van der Waals surface area contributed by atoms with E-state index >= 15 is 0 Å². The van der Waals surface area contributed by atoms with E-state index in [9.17, 15) is 0 Å². The van der Waals surface area contributed by atoms with Crippen molar-refractivity contribution in [1.29, 1.82) is 0 Å². The first-order valence-corrected chi connectivity index (χ1v) is 12.6. The fraction of sp³-hybridized carbons (Fsp3) is 0.118. The Morgan fingerprint density at radius 1 is 0.769 bits per heavy atom. The molecule has 1 aliphatic rings. The molecule has 0 atom stereocenters. The van der Waals surface area contributed by atoms with Gasteiger partial charge in [0.15, 0.2) is 7.05 Å². The van der Waals surface area contributed by atoms with Gasteiger partial charge in [-0.15, -0.1) is 47.5 Å². The van der Waals surface area contributed by atoms with Gasteiger partial charge in [-0.05, 0) is 31.2 Å². The van der Waals surface area contributed by atoms with Crippen molar-refractivity contribution in [3.8, 4) is 11.3 Å². The van der Waals surface area contributed by atoms with E-state index in [1.807, 2.05) is 64.9 Å². The molecule has 1 aliphatic heterocycles. The Hall–Kier alpha value is -4.14. The summed E-state index contributed by atoms with van der Waals surface area (Å²) >= 11 is 0. The van der Waals surface area contributed by atoms with Crippen LogP contribution >= 0.6 is 0 Å². The Kier molecular flexibility index (Phi) is 7.41. The Bertz CT molecular complexity index is 1890. The first-order valence-electron chi connectivity index (χ1n) is 12.6. The molecule has 4 aromatic carbocycles. The molecule has 0 saturated carbocycles. The van der Waals surface area contributed by atoms with Crippen molar-refractivity contribution in [1.82, 2.24) is 9.56 Å². The molecule has 5 heteroatoms. The number of hydrogen-bond donors (Lipinski definition) is 0. The maximum atomic E-state index is 5.88. The molecule has 39 heavy (non-hydrogen) atoms. The van der Waals surface area contributed by atoms with Crippen molar-refractivity contribution < 1.29 is 29.1 Å². The van der Waals surface area contributed by atoms with Crippen molar-refractivity contribution in [3.05, 3.63) is 120 Å². The van der Waals surface area contributed by atoms with E-state index in [-0.39, 0.29) is 20.1 Å². The number of furan rings is 1. The number of aryl methyl sites for hydroxylation is 3. The number of hydrogen-bond acceptors (Lipinski definition) is 2.